The van der Waals surface area contributed by atoms with Gasteiger partial charge in [0.25, 0.3) is 0 Å². The molecule has 5 aromatic rings. The number of carbonyl (C=O) groups excluding carboxylic acids is 4. The first-order chi connectivity index (χ1) is 28.7. The Bertz CT molecular complexity index is 2830. The number of fused-ring (bicyclic) bond motifs is 13. The molecular weight excluding hydrogens is 793 g/mol. The second-order valence-electron chi connectivity index (χ2n) is 16.3. The van der Waals surface area contributed by atoms with Gasteiger partial charge in [0.2, 0.25) is 0 Å². The number of nitriles is 2. The van der Waals surface area contributed by atoms with Crippen LogP contribution in [0.5, 0.6) is 0 Å². The van der Waals surface area contributed by atoms with E-state index in [2.05, 4.69) is 21.8 Å². The summed E-state index contributed by atoms with van der Waals surface area (Å²) >= 11 is 5.09. The molecule has 0 atom stereocenters. The summed E-state index contributed by atoms with van der Waals surface area (Å²) < 4.78 is 0. The van der Waals surface area contributed by atoms with Gasteiger partial charge in [0, 0.05) is 62.3 Å². The number of thiophene rings is 3. The number of nitrogens with zero attached hydrogens (tertiary/aromatic N) is 4. The van der Waals surface area contributed by atoms with Gasteiger partial charge in [0.05, 0.1) is 35.4 Å². The third-order valence-corrected chi connectivity index (χ3v) is 17.2. The lowest BCUT2D eigenvalue weighted by Gasteiger charge is -2.41. The number of allylic oxidation sites excluding steroid dienone is 2. The molecule has 2 fully saturated rings. The number of Topliss-reactive ketones (excluding diaryl/α,β-unsaturated/α-hetero) is 4. The van der Waals surface area contributed by atoms with E-state index in [-0.39, 0.29) is 66.7 Å². The Labute approximate surface area is 351 Å². The highest BCUT2D eigenvalue weighted by Crippen LogP contribution is 2.70. The summed E-state index contributed by atoms with van der Waals surface area (Å²) in [5.74, 6) is -1.68. The van der Waals surface area contributed by atoms with Crippen LogP contribution < -0.4 is 0 Å². The van der Waals surface area contributed by atoms with Gasteiger partial charge in [-0.1, -0.05) is 50.7 Å². The maximum Gasteiger partial charge on any atom is 0.197 e. The standard InChI is InChI=1S/C48H28N4O4S3/c1-51-35-19-29-30(20-36(35)52-2)42(56)32(41(29)55)16-26-18-34-44(58-26)46-38(48(34)11-7-4-8-12-48)37-45(59-46)43-33(47(37)9-5-3-6-10-47)17-25(57-43)15-31-39(53)27-13-23(21-49)24(22-50)14-28(27)40(31)54/h13-20H,3-12H2. The molecule has 0 amide bonds. The van der Waals surface area contributed by atoms with Crippen molar-refractivity contribution in [1.29, 1.82) is 10.5 Å². The smallest absolute Gasteiger partial charge is 0.197 e. The van der Waals surface area contributed by atoms with Crippen molar-refractivity contribution in [3.8, 4) is 31.6 Å². The van der Waals surface area contributed by atoms with Crippen molar-refractivity contribution in [3.63, 3.8) is 0 Å². The van der Waals surface area contributed by atoms with Crippen molar-refractivity contribution in [2.75, 3.05) is 0 Å². The molecule has 0 unspecified atom stereocenters. The van der Waals surface area contributed by atoms with E-state index in [1.165, 1.54) is 78.9 Å². The van der Waals surface area contributed by atoms with E-state index in [9.17, 15) is 29.7 Å². The van der Waals surface area contributed by atoms with Crippen molar-refractivity contribution in [2.45, 2.75) is 75.0 Å². The molecule has 0 N–H and O–H groups in total. The lowest BCUT2D eigenvalue weighted by atomic mass is 9.61. The van der Waals surface area contributed by atoms with Gasteiger partial charge in [-0.3, -0.25) is 28.9 Å². The highest BCUT2D eigenvalue weighted by atomic mass is 32.1. The molecule has 0 radical (unpaired) electrons. The SMILES string of the molecule is [C-]#[N+]c1cc2c(cc1[N+]#[C-])C(=O)C(=Cc1cc3c(s1)-c1sc4c(c1C31CCCCC1)C1(CCCCC1)c1cc(C=C3C(=O)c5cc(C#N)c(C#N)cc5C3=O)sc1-4)C2=O. The van der Waals surface area contributed by atoms with Crippen LogP contribution in [0.4, 0.5) is 11.4 Å². The maximum atomic E-state index is 13.7. The lowest BCUT2D eigenvalue weighted by Crippen LogP contribution is -2.34. The highest BCUT2D eigenvalue weighted by Gasteiger charge is 2.56. The quantitative estimate of drug-likeness (QED) is 0.0992. The van der Waals surface area contributed by atoms with Crippen LogP contribution in [0.1, 0.15) is 149 Å². The van der Waals surface area contributed by atoms with Crippen LogP contribution in [0.2, 0.25) is 0 Å². The minimum absolute atomic E-state index is 0.0532. The van der Waals surface area contributed by atoms with E-state index < -0.39 is 23.1 Å². The number of carbonyl (C=O) groups is 4. The number of hydrogen-bond acceptors (Lipinski definition) is 9. The Morgan fingerprint density at radius 3 is 1.25 bits per heavy atom. The Balaban J connectivity index is 1.03. The molecule has 0 bridgehead atoms. The molecule has 2 saturated carbocycles. The predicted molar refractivity (Wildman–Crippen MR) is 227 cm³/mol. The summed E-state index contributed by atoms with van der Waals surface area (Å²) in [7, 11) is 0. The first-order valence-corrected chi connectivity index (χ1v) is 22.1. The van der Waals surface area contributed by atoms with Gasteiger partial charge in [-0.05, 0) is 84.4 Å². The highest BCUT2D eigenvalue weighted by molar-refractivity contribution is 7.27. The number of benzene rings is 2. The fourth-order valence-electron chi connectivity index (χ4n) is 10.9. The Kier molecular flexibility index (Phi) is 7.63. The third kappa shape index (κ3) is 4.64. The Morgan fingerprint density at radius 2 is 0.898 bits per heavy atom. The monoisotopic (exact) mass is 820 g/mol. The summed E-state index contributed by atoms with van der Waals surface area (Å²) in [6.45, 7) is 15.0. The Morgan fingerprint density at radius 1 is 0.525 bits per heavy atom. The van der Waals surface area contributed by atoms with Crippen LogP contribution in [0.15, 0.2) is 47.5 Å². The first-order valence-electron chi connectivity index (χ1n) is 19.7. The lowest BCUT2D eigenvalue weighted by molar-refractivity contribution is 0.0975. The molecule has 3 aromatic heterocycles. The predicted octanol–water partition coefficient (Wildman–Crippen LogP) is 12.1. The molecule has 11 heteroatoms. The van der Waals surface area contributed by atoms with Crippen molar-refractivity contribution >= 4 is 80.7 Å². The zero-order valence-corrected chi connectivity index (χ0v) is 33.8. The number of ketones is 4. The first kappa shape index (κ1) is 35.8. The van der Waals surface area contributed by atoms with Crippen molar-refractivity contribution in [2.24, 2.45) is 0 Å². The normalized spacial score (nSPS) is 18.4. The fourth-order valence-corrected chi connectivity index (χ4v) is 15.1. The van der Waals surface area contributed by atoms with E-state index >= 15 is 0 Å². The van der Waals surface area contributed by atoms with Crippen molar-refractivity contribution < 1.29 is 19.2 Å². The summed E-state index contributed by atoms with van der Waals surface area (Å²) in [5.41, 5.74) is 6.26. The number of hydrogen-bond donors (Lipinski definition) is 0. The van der Waals surface area contributed by atoms with Crippen molar-refractivity contribution in [3.05, 3.63) is 136 Å². The van der Waals surface area contributed by atoms with E-state index in [1.54, 1.807) is 34.8 Å². The second-order valence-corrected chi connectivity index (χ2v) is 19.5. The minimum Gasteiger partial charge on any atom is -0.288 e. The minimum atomic E-state index is -0.427. The third-order valence-electron chi connectivity index (χ3n) is 13.5. The average molecular weight is 821 g/mol. The molecule has 2 aromatic carbocycles. The molecule has 2 spiro atoms. The van der Waals surface area contributed by atoms with E-state index in [1.807, 2.05) is 23.5 Å². The van der Waals surface area contributed by atoms with Gasteiger partial charge in [0.1, 0.15) is 12.1 Å². The maximum absolute atomic E-state index is 13.7. The molecule has 3 heterocycles. The molecule has 282 valence electrons. The van der Waals surface area contributed by atoms with Gasteiger partial charge in [-0.2, -0.15) is 10.5 Å². The average Bonchev–Trinajstić information content (AvgIpc) is 4.12. The van der Waals surface area contributed by atoms with Crippen molar-refractivity contribution in [1.82, 2.24) is 0 Å². The zero-order chi connectivity index (χ0) is 40.5. The molecule has 0 aliphatic heterocycles. The molecule has 59 heavy (non-hydrogen) atoms. The van der Waals surface area contributed by atoms with E-state index in [4.69, 9.17) is 13.1 Å². The summed E-state index contributed by atoms with van der Waals surface area (Å²) in [5, 5.41) is 19.1. The van der Waals surface area contributed by atoms with E-state index in [0.29, 0.717) is 0 Å². The summed E-state index contributed by atoms with van der Waals surface area (Å²) in [4.78, 5) is 68.1. The van der Waals surface area contributed by atoms with E-state index in [0.717, 1.165) is 61.1 Å². The van der Waals surface area contributed by atoms with Crippen LogP contribution in [-0.4, -0.2) is 23.1 Å². The van der Waals surface area contributed by atoms with Crippen LogP contribution in [0.25, 0.3) is 41.4 Å². The zero-order valence-electron chi connectivity index (χ0n) is 31.3. The Hall–Kier alpha value is -6.34. The van der Waals surface area contributed by atoms with Gasteiger partial charge in [-0.15, -0.1) is 34.0 Å². The van der Waals surface area contributed by atoms with Gasteiger partial charge < -0.3 is 0 Å². The van der Waals surface area contributed by atoms with Gasteiger partial charge in [-0.25, -0.2) is 0 Å². The number of rotatable bonds is 2. The molecule has 8 nitrogen and oxygen atoms in total. The fraction of sp³-hybridized carbons (Fsp3) is 0.250. The van der Waals surface area contributed by atoms with Gasteiger partial charge >= 0.3 is 0 Å². The molecule has 6 aliphatic rings. The largest absolute Gasteiger partial charge is 0.288 e. The summed E-state index contributed by atoms with van der Waals surface area (Å²) in [6, 6.07) is 13.8. The molecular formula is C48H28N4O4S3. The molecule has 6 aliphatic carbocycles. The van der Waals surface area contributed by atoms with Crippen LogP contribution >= 0.6 is 34.0 Å². The van der Waals surface area contributed by atoms with Crippen LogP contribution in [0.3, 0.4) is 0 Å². The van der Waals surface area contributed by atoms with Crippen LogP contribution in [0, 0.1) is 35.8 Å². The second kappa shape index (κ2) is 12.6. The van der Waals surface area contributed by atoms with Crippen LogP contribution in [-0.2, 0) is 10.8 Å². The van der Waals surface area contributed by atoms with Gasteiger partial charge in [0.15, 0.2) is 34.5 Å². The molecule has 0 saturated heterocycles. The topological polar surface area (TPSA) is 125 Å². The molecule has 11 rings (SSSR count). The summed E-state index contributed by atoms with van der Waals surface area (Å²) in [6.07, 6.45) is 14.3.